The molecule has 2 aromatic carbocycles. The minimum Gasteiger partial charge on any atom is -0.489 e. The fourth-order valence-corrected chi connectivity index (χ4v) is 3.06. The summed E-state index contributed by atoms with van der Waals surface area (Å²) in [6.07, 6.45) is 1.85. The van der Waals surface area contributed by atoms with Crippen LogP contribution in [0.15, 0.2) is 48.5 Å². The molecule has 138 valence electrons. The van der Waals surface area contributed by atoms with Crippen LogP contribution in [0.1, 0.15) is 18.4 Å². The van der Waals surface area contributed by atoms with E-state index in [4.69, 9.17) is 4.74 Å². The molecule has 0 spiro atoms. The zero-order chi connectivity index (χ0) is 18.4. The van der Waals surface area contributed by atoms with Crippen molar-refractivity contribution < 1.29 is 19.0 Å². The van der Waals surface area contributed by atoms with Crippen LogP contribution in [-0.2, 0) is 6.61 Å². The number of piperidine rings is 1. The summed E-state index contributed by atoms with van der Waals surface area (Å²) in [5.74, 6) is 0.448. The third-order valence-corrected chi connectivity index (χ3v) is 4.44. The van der Waals surface area contributed by atoms with Gasteiger partial charge in [0.2, 0.25) is 0 Å². The van der Waals surface area contributed by atoms with E-state index in [-0.39, 0.29) is 31.0 Å². The first kappa shape index (κ1) is 18.2. The van der Waals surface area contributed by atoms with Crippen molar-refractivity contribution in [3.05, 3.63) is 59.9 Å². The van der Waals surface area contributed by atoms with Gasteiger partial charge in [-0.05, 0) is 48.6 Å². The van der Waals surface area contributed by atoms with Crippen molar-refractivity contribution in [2.45, 2.75) is 19.4 Å². The van der Waals surface area contributed by atoms with Gasteiger partial charge in [0.25, 0.3) is 0 Å². The average molecular weight is 358 g/mol. The van der Waals surface area contributed by atoms with Gasteiger partial charge in [-0.15, -0.1) is 0 Å². The van der Waals surface area contributed by atoms with Gasteiger partial charge < -0.3 is 20.1 Å². The molecule has 0 bridgehead atoms. The number of aliphatic hydroxyl groups is 1. The summed E-state index contributed by atoms with van der Waals surface area (Å²) in [6, 6.07) is 13.2. The quantitative estimate of drug-likeness (QED) is 0.858. The Morgan fingerprint density at radius 2 is 2.12 bits per heavy atom. The number of rotatable bonds is 5. The first-order valence-electron chi connectivity index (χ1n) is 8.78. The van der Waals surface area contributed by atoms with Gasteiger partial charge in [0.1, 0.15) is 18.2 Å². The number of nitrogens with zero attached hydrogens (tertiary/aromatic N) is 1. The fraction of sp³-hybridized carbons (Fsp3) is 0.350. The lowest BCUT2D eigenvalue weighted by Crippen LogP contribution is -2.43. The lowest BCUT2D eigenvalue weighted by atomic mass is 9.99. The van der Waals surface area contributed by atoms with Crippen molar-refractivity contribution >= 4 is 11.7 Å². The SMILES string of the molecule is O=C(Nc1cccc(OCc2cccc(F)c2)c1)N1CCCC(CO)C1. The van der Waals surface area contributed by atoms with Crippen LogP contribution in [0.4, 0.5) is 14.9 Å². The first-order valence-corrected chi connectivity index (χ1v) is 8.78. The Morgan fingerprint density at radius 3 is 2.92 bits per heavy atom. The monoisotopic (exact) mass is 358 g/mol. The van der Waals surface area contributed by atoms with Gasteiger partial charge in [-0.25, -0.2) is 9.18 Å². The maximum Gasteiger partial charge on any atom is 0.321 e. The maximum atomic E-state index is 13.2. The molecule has 26 heavy (non-hydrogen) atoms. The second kappa shape index (κ2) is 8.67. The molecule has 1 fully saturated rings. The Labute approximate surface area is 152 Å². The second-order valence-electron chi connectivity index (χ2n) is 6.51. The Morgan fingerprint density at radius 1 is 1.27 bits per heavy atom. The highest BCUT2D eigenvalue weighted by molar-refractivity contribution is 5.89. The summed E-state index contributed by atoms with van der Waals surface area (Å²) in [7, 11) is 0. The third-order valence-electron chi connectivity index (χ3n) is 4.44. The molecule has 5 nitrogen and oxygen atoms in total. The van der Waals surface area contributed by atoms with Crippen molar-refractivity contribution in [3.63, 3.8) is 0 Å². The molecule has 0 aliphatic carbocycles. The highest BCUT2D eigenvalue weighted by atomic mass is 19.1. The fourth-order valence-electron chi connectivity index (χ4n) is 3.06. The van der Waals surface area contributed by atoms with Crippen molar-refractivity contribution in [1.82, 2.24) is 4.90 Å². The zero-order valence-electron chi connectivity index (χ0n) is 14.5. The summed E-state index contributed by atoms with van der Waals surface area (Å²) < 4.78 is 18.9. The van der Waals surface area contributed by atoms with Crippen LogP contribution in [0.3, 0.4) is 0 Å². The lowest BCUT2D eigenvalue weighted by Gasteiger charge is -2.31. The number of aliphatic hydroxyl groups excluding tert-OH is 1. The van der Waals surface area contributed by atoms with Crippen molar-refractivity contribution in [1.29, 1.82) is 0 Å². The van der Waals surface area contributed by atoms with E-state index in [1.807, 2.05) is 0 Å². The molecule has 2 N–H and O–H groups in total. The molecule has 1 atom stereocenters. The molecular formula is C20H23FN2O3. The normalized spacial score (nSPS) is 17.0. The Bertz CT molecular complexity index is 753. The Kier molecular flexibility index (Phi) is 6.07. The van der Waals surface area contributed by atoms with Gasteiger partial charge in [-0.2, -0.15) is 0 Å². The number of benzene rings is 2. The van der Waals surface area contributed by atoms with E-state index in [2.05, 4.69) is 5.32 Å². The van der Waals surface area contributed by atoms with Gasteiger partial charge >= 0.3 is 6.03 Å². The number of amides is 2. The van der Waals surface area contributed by atoms with E-state index >= 15 is 0 Å². The minimum atomic E-state index is -0.296. The molecule has 1 aliphatic rings. The van der Waals surface area contributed by atoms with E-state index in [0.717, 1.165) is 18.4 Å². The van der Waals surface area contributed by atoms with Crippen LogP contribution in [0.5, 0.6) is 5.75 Å². The molecule has 6 heteroatoms. The van der Waals surface area contributed by atoms with Gasteiger partial charge in [-0.1, -0.05) is 18.2 Å². The van der Waals surface area contributed by atoms with E-state index in [9.17, 15) is 14.3 Å². The Hall–Kier alpha value is -2.60. The molecule has 0 radical (unpaired) electrons. The largest absolute Gasteiger partial charge is 0.489 e. The third kappa shape index (κ3) is 4.95. The minimum absolute atomic E-state index is 0.104. The van der Waals surface area contributed by atoms with E-state index in [1.54, 1.807) is 41.3 Å². The van der Waals surface area contributed by atoms with Gasteiger partial charge in [0.05, 0.1) is 0 Å². The number of carbonyl (C=O) groups is 1. The van der Waals surface area contributed by atoms with Crippen LogP contribution in [0.25, 0.3) is 0 Å². The molecule has 0 saturated carbocycles. The topological polar surface area (TPSA) is 61.8 Å². The molecule has 1 aliphatic heterocycles. The number of anilines is 1. The number of ether oxygens (including phenoxy) is 1. The number of likely N-dealkylation sites (tertiary alicyclic amines) is 1. The Balaban J connectivity index is 1.57. The molecule has 1 saturated heterocycles. The summed E-state index contributed by atoms with van der Waals surface area (Å²) >= 11 is 0. The standard InChI is InChI=1S/C20H23FN2O3/c21-17-6-1-4-15(10-17)14-26-19-8-2-7-18(11-19)22-20(25)23-9-3-5-16(12-23)13-24/h1-2,4,6-8,10-11,16,24H,3,5,9,12-14H2,(H,22,25). The summed E-state index contributed by atoms with van der Waals surface area (Å²) in [5.41, 5.74) is 1.38. The molecule has 2 amide bonds. The number of hydrogen-bond donors (Lipinski definition) is 2. The summed E-state index contributed by atoms with van der Waals surface area (Å²) in [6.45, 7) is 1.61. The molecule has 3 rings (SSSR count). The number of hydrogen-bond acceptors (Lipinski definition) is 3. The van der Waals surface area contributed by atoms with E-state index in [1.165, 1.54) is 12.1 Å². The number of halogens is 1. The highest BCUT2D eigenvalue weighted by Crippen LogP contribution is 2.21. The zero-order valence-corrected chi connectivity index (χ0v) is 14.5. The average Bonchev–Trinajstić information content (AvgIpc) is 2.67. The van der Waals surface area contributed by atoms with Crippen molar-refractivity contribution in [3.8, 4) is 5.75 Å². The van der Waals surface area contributed by atoms with E-state index in [0.29, 0.717) is 24.5 Å². The van der Waals surface area contributed by atoms with Crippen LogP contribution in [0.2, 0.25) is 0 Å². The molecular weight excluding hydrogens is 335 g/mol. The predicted octanol–water partition coefficient (Wildman–Crippen LogP) is 3.64. The van der Waals surface area contributed by atoms with Crippen molar-refractivity contribution in [2.75, 3.05) is 25.0 Å². The highest BCUT2D eigenvalue weighted by Gasteiger charge is 2.23. The van der Waals surface area contributed by atoms with Crippen LogP contribution in [-0.4, -0.2) is 35.7 Å². The predicted molar refractivity (Wildman–Crippen MR) is 97.6 cm³/mol. The molecule has 1 unspecified atom stereocenters. The van der Waals surface area contributed by atoms with E-state index < -0.39 is 0 Å². The number of carbonyl (C=O) groups excluding carboxylic acids is 1. The number of nitrogens with one attached hydrogen (secondary N) is 1. The summed E-state index contributed by atoms with van der Waals surface area (Å²) in [4.78, 5) is 14.1. The first-order chi connectivity index (χ1) is 12.6. The molecule has 2 aromatic rings. The molecule has 1 heterocycles. The smallest absolute Gasteiger partial charge is 0.321 e. The van der Waals surface area contributed by atoms with Gasteiger partial charge in [0.15, 0.2) is 0 Å². The lowest BCUT2D eigenvalue weighted by molar-refractivity contribution is 0.136. The second-order valence-corrected chi connectivity index (χ2v) is 6.51. The van der Waals surface area contributed by atoms with Crippen LogP contribution >= 0.6 is 0 Å². The van der Waals surface area contributed by atoms with Crippen molar-refractivity contribution in [2.24, 2.45) is 5.92 Å². The number of urea groups is 1. The molecule has 0 aromatic heterocycles. The summed E-state index contributed by atoms with van der Waals surface area (Å²) in [5, 5.41) is 12.2. The van der Waals surface area contributed by atoms with Crippen LogP contribution < -0.4 is 10.1 Å². The van der Waals surface area contributed by atoms with Gasteiger partial charge in [0, 0.05) is 31.5 Å². The maximum absolute atomic E-state index is 13.2. The van der Waals surface area contributed by atoms with Crippen LogP contribution in [0, 0.1) is 11.7 Å². The van der Waals surface area contributed by atoms with Gasteiger partial charge in [-0.3, -0.25) is 0 Å².